The molecule has 0 saturated heterocycles. The monoisotopic (exact) mass is 678 g/mol. The van der Waals surface area contributed by atoms with Gasteiger partial charge in [-0.3, -0.25) is 4.79 Å². The number of carbonyl (C=O) groups excluding carboxylic acids is 1. The fraction of sp³-hybridized carbons (Fsp3) is 0.884. The summed E-state index contributed by atoms with van der Waals surface area (Å²) in [4.78, 5) is 12.4. The number of hydrogen-bond acceptors (Lipinski definition) is 4. The number of unbranched alkanes of at least 4 members (excludes halogenated alkanes) is 27. The third-order valence-corrected chi connectivity index (χ3v) is 9.73. The van der Waals surface area contributed by atoms with Crippen molar-refractivity contribution in [3.05, 3.63) is 24.3 Å². The molecule has 5 nitrogen and oxygen atoms in total. The second-order valence-electron chi connectivity index (χ2n) is 14.6. The van der Waals surface area contributed by atoms with E-state index in [1.165, 1.54) is 167 Å². The highest BCUT2D eigenvalue weighted by Gasteiger charge is 2.20. The lowest BCUT2D eigenvalue weighted by Crippen LogP contribution is -2.45. The molecular formula is C43H83NO4. The second-order valence-corrected chi connectivity index (χ2v) is 14.6. The number of carbonyl (C=O) groups is 1. The van der Waals surface area contributed by atoms with Crippen LogP contribution in [0.5, 0.6) is 0 Å². The van der Waals surface area contributed by atoms with E-state index < -0.39 is 18.2 Å². The molecule has 0 saturated carbocycles. The number of allylic oxidation sites excluding steroid dienone is 3. The topological polar surface area (TPSA) is 89.8 Å². The summed E-state index contributed by atoms with van der Waals surface area (Å²) in [6.45, 7) is 4.19. The van der Waals surface area contributed by atoms with Gasteiger partial charge >= 0.3 is 0 Å². The molecule has 5 heteroatoms. The summed E-state index contributed by atoms with van der Waals surface area (Å²) in [7, 11) is 0. The lowest BCUT2D eigenvalue weighted by atomic mass is 10.0. The molecule has 0 aliphatic heterocycles. The first kappa shape index (κ1) is 46.8. The zero-order valence-electron chi connectivity index (χ0n) is 32.1. The second kappa shape index (κ2) is 38.6. The molecule has 3 atom stereocenters. The van der Waals surface area contributed by atoms with E-state index >= 15 is 0 Å². The first-order chi connectivity index (χ1) is 23.5. The molecule has 284 valence electrons. The molecule has 0 aliphatic rings. The van der Waals surface area contributed by atoms with Gasteiger partial charge in [-0.05, 0) is 44.9 Å². The van der Waals surface area contributed by atoms with Crippen molar-refractivity contribution in [2.45, 2.75) is 238 Å². The predicted octanol–water partition coefficient (Wildman–Crippen LogP) is 11.8. The highest BCUT2D eigenvalue weighted by molar-refractivity contribution is 5.76. The molecular weight excluding hydrogens is 594 g/mol. The van der Waals surface area contributed by atoms with Crippen LogP contribution in [-0.2, 0) is 4.79 Å². The van der Waals surface area contributed by atoms with Gasteiger partial charge in [0.15, 0.2) is 0 Å². The zero-order valence-corrected chi connectivity index (χ0v) is 32.1. The van der Waals surface area contributed by atoms with Crippen LogP contribution in [0.3, 0.4) is 0 Å². The Bertz CT molecular complexity index is 709. The minimum absolute atomic E-state index is 0.0119. The van der Waals surface area contributed by atoms with Crippen molar-refractivity contribution in [2.75, 3.05) is 6.61 Å². The average Bonchev–Trinajstić information content (AvgIpc) is 3.08. The van der Waals surface area contributed by atoms with Gasteiger partial charge in [-0.15, -0.1) is 0 Å². The molecule has 0 heterocycles. The molecule has 3 unspecified atom stereocenters. The summed E-state index contributed by atoms with van der Waals surface area (Å²) in [5.74, 6) is -0.319. The van der Waals surface area contributed by atoms with Crippen molar-refractivity contribution in [1.82, 2.24) is 5.32 Å². The molecule has 0 aliphatic carbocycles. The van der Waals surface area contributed by atoms with E-state index in [0.29, 0.717) is 6.42 Å². The first-order valence-corrected chi connectivity index (χ1v) is 21.1. The van der Waals surface area contributed by atoms with Crippen LogP contribution in [0.2, 0.25) is 0 Å². The summed E-state index contributed by atoms with van der Waals surface area (Å²) in [5.41, 5.74) is 0. The molecule has 4 N–H and O–H groups in total. The minimum atomic E-state index is -0.926. The molecule has 0 bridgehead atoms. The quantitative estimate of drug-likeness (QED) is 0.0387. The van der Waals surface area contributed by atoms with Gasteiger partial charge in [0.1, 0.15) is 0 Å². The maximum atomic E-state index is 12.4. The Morgan fingerprint density at radius 1 is 0.521 bits per heavy atom. The molecule has 1 amide bonds. The van der Waals surface area contributed by atoms with Crippen LogP contribution in [0, 0.1) is 0 Å². The third-order valence-electron chi connectivity index (χ3n) is 9.73. The first-order valence-electron chi connectivity index (χ1n) is 21.1. The van der Waals surface area contributed by atoms with Gasteiger partial charge in [0, 0.05) is 0 Å². The summed E-state index contributed by atoms with van der Waals surface area (Å²) in [6.07, 6.45) is 46.1. The Kier molecular flexibility index (Phi) is 37.7. The lowest BCUT2D eigenvalue weighted by molar-refractivity contribution is -0.124. The van der Waals surface area contributed by atoms with E-state index in [-0.39, 0.29) is 18.9 Å². The van der Waals surface area contributed by atoms with Gasteiger partial charge in [-0.1, -0.05) is 192 Å². The molecule has 48 heavy (non-hydrogen) atoms. The third kappa shape index (κ3) is 34.7. The van der Waals surface area contributed by atoms with E-state index in [4.69, 9.17) is 0 Å². The summed E-state index contributed by atoms with van der Waals surface area (Å²) >= 11 is 0. The Morgan fingerprint density at radius 3 is 1.27 bits per heavy atom. The molecule has 0 aromatic rings. The van der Waals surface area contributed by atoms with Crippen LogP contribution in [0.4, 0.5) is 0 Å². The molecule has 0 rings (SSSR count). The van der Waals surface area contributed by atoms with Crippen molar-refractivity contribution >= 4 is 5.91 Å². The fourth-order valence-electron chi connectivity index (χ4n) is 6.45. The van der Waals surface area contributed by atoms with Crippen molar-refractivity contribution in [3.63, 3.8) is 0 Å². The van der Waals surface area contributed by atoms with Crippen molar-refractivity contribution < 1.29 is 20.1 Å². The summed E-state index contributed by atoms with van der Waals surface area (Å²) in [6, 6.07) is -0.741. The van der Waals surface area contributed by atoms with Gasteiger partial charge in [-0.2, -0.15) is 0 Å². The Morgan fingerprint density at radius 2 is 0.875 bits per heavy atom. The standard InChI is InChI=1S/C43H83NO4/c1-3-5-7-9-11-13-15-16-17-18-19-20-21-22-23-24-25-26-27-28-30-32-34-36-40(46)38-43(48)44-41(39-45)42(47)37-35-33-31-29-14-12-10-8-6-4-2/h22-23,35,37,40-42,45-47H,3-21,24-34,36,38-39H2,1-2H3,(H,44,48)/b23-22-,37-35+. The van der Waals surface area contributed by atoms with Crippen molar-refractivity contribution in [2.24, 2.45) is 0 Å². The van der Waals surface area contributed by atoms with E-state index in [2.05, 4.69) is 31.3 Å². The highest BCUT2D eigenvalue weighted by Crippen LogP contribution is 2.15. The maximum absolute atomic E-state index is 12.4. The van der Waals surface area contributed by atoms with E-state index in [0.717, 1.165) is 25.7 Å². The van der Waals surface area contributed by atoms with Gasteiger partial charge in [-0.25, -0.2) is 0 Å². The van der Waals surface area contributed by atoms with Gasteiger partial charge < -0.3 is 20.6 Å². The van der Waals surface area contributed by atoms with Crippen LogP contribution in [-0.4, -0.2) is 46.1 Å². The molecule has 0 fully saturated rings. The van der Waals surface area contributed by atoms with Crippen LogP contribution >= 0.6 is 0 Å². The van der Waals surface area contributed by atoms with Crippen molar-refractivity contribution in [1.29, 1.82) is 0 Å². The molecule has 0 spiro atoms. The van der Waals surface area contributed by atoms with Gasteiger partial charge in [0.25, 0.3) is 0 Å². The number of aliphatic hydroxyl groups is 3. The Balaban J connectivity index is 3.61. The van der Waals surface area contributed by atoms with Crippen LogP contribution < -0.4 is 5.32 Å². The van der Waals surface area contributed by atoms with Gasteiger partial charge in [0.05, 0.1) is 31.3 Å². The largest absolute Gasteiger partial charge is 0.394 e. The average molecular weight is 678 g/mol. The molecule has 0 aromatic heterocycles. The van der Waals surface area contributed by atoms with E-state index in [1.807, 2.05) is 6.08 Å². The van der Waals surface area contributed by atoms with Gasteiger partial charge in [0.2, 0.25) is 5.91 Å². The molecule has 0 aromatic carbocycles. The Hall–Kier alpha value is -1.17. The summed E-state index contributed by atoms with van der Waals surface area (Å²) < 4.78 is 0. The van der Waals surface area contributed by atoms with E-state index in [1.54, 1.807) is 6.08 Å². The highest BCUT2D eigenvalue weighted by atomic mass is 16.3. The fourth-order valence-corrected chi connectivity index (χ4v) is 6.45. The molecule has 0 radical (unpaired) electrons. The van der Waals surface area contributed by atoms with Crippen LogP contribution in [0.15, 0.2) is 24.3 Å². The van der Waals surface area contributed by atoms with Crippen LogP contribution in [0.25, 0.3) is 0 Å². The maximum Gasteiger partial charge on any atom is 0.222 e. The predicted molar refractivity (Wildman–Crippen MR) is 208 cm³/mol. The number of amides is 1. The number of hydrogen-bond donors (Lipinski definition) is 4. The Labute approximate surface area is 299 Å². The number of nitrogens with one attached hydrogen (secondary N) is 1. The normalized spacial score (nSPS) is 13.9. The van der Waals surface area contributed by atoms with Crippen LogP contribution in [0.1, 0.15) is 219 Å². The zero-order chi connectivity index (χ0) is 35.2. The number of aliphatic hydroxyl groups excluding tert-OH is 3. The lowest BCUT2D eigenvalue weighted by Gasteiger charge is -2.21. The smallest absolute Gasteiger partial charge is 0.222 e. The summed E-state index contributed by atoms with van der Waals surface area (Å²) in [5, 5.41) is 33.1. The van der Waals surface area contributed by atoms with E-state index in [9.17, 15) is 20.1 Å². The van der Waals surface area contributed by atoms with Crippen molar-refractivity contribution in [3.8, 4) is 0 Å². The SMILES string of the molecule is CCCCCCCCCC/C=C/C(O)C(CO)NC(=O)CC(O)CCCCCCCCC/C=C\CCCCCCCCCCCCCC. The minimum Gasteiger partial charge on any atom is -0.394 e. The number of rotatable bonds is 38.